The highest BCUT2D eigenvalue weighted by molar-refractivity contribution is 5.95. The number of carbonyl (C=O) groups is 5. The number of aliphatic imine (C=N–C) groups is 1. The van der Waals surface area contributed by atoms with Gasteiger partial charge < -0.3 is 53.7 Å². The highest BCUT2D eigenvalue weighted by atomic mass is 16.4. The molecule has 1 aromatic heterocycles. The number of carbonyl (C=O) groups excluding carboxylic acids is 4. The van der Waals surface area contributed by atoms with Crippen molar-refractivity contribution in [1.29, 1.82) is 0 Å². The lowest BCUT2D eigenvalue weighted by Gasteiger charge is -2.26. The summed E-state index contributed by atoms with van der Waals surface area (Å²) in [5.41, 5.74) is 19.0. The van der Waals surface area contributed by atoms with E-state index in [0.717, 1.165) is 10.8 Å². The van der Waals surface area contributed by atoms with Gasteiger partial charge in [-0.15, -0.1) is 0 Å². The van der Waals surface area contributed by atoms with Crippen LogP contribution in [0.1, 0.15) is 29.7 Å². The molecule has 17 nitrogen and oxygen atoms in total. The molecule has 0 bridgehead atoms. The standard InChI is InChI=1S/C36H44N10O7/c37-27(15-21-8-11-26(47)12-9-21)32(50)45-30(17-25-18-40-20-43-25)35(53)44-28(6-3-13-41-36(38)39)34(52)46-29(33(51)42-19-31(48)49)16-22-7-10-23-4-1-2-5-24(23)14-22/h1-2,4-5,7-12,14,18,20,27-30,47H,3,6,13,15-17,19,37H2,(H,40,43)(H,42,51)(H,44,53)(H,45,50)(H,46,52)(H,48,49)(H4,38,39,41)/t27-,28+,29+,30+/m1/s1. The van der Waals surface area contributed by atoms with Crippen molar-refractivity contribution in [3.05, 3.63) is 96.1 Å². The van der Waals surface area contributed by atoms with E-state index in [2.05, 4.69) is 36.2 Å². The van der Waals surface area contributed by atoms with Crippen molar-refractivity contribution in [3.63, 3.8) is 0 Å². The molecule has 0 aliphatic rings. The van der Waals surface area contributed by atoms with Crippen molar-refractivity contribution in [2.24, 2.45) is 22.2 Å². The highest BCUT2D eigenvalue weighted by Gasteiger charge is 2.31. The first-order valence-corrected chi connectivity index (χ1v) is 16.8. The van der Waals surface area contributed by atoms with Crippen molar-refractivity contribution >= 4 is 46.3 Å². The normalized spacial score (nSPS) is 13.2. The van der Waals surface area contributed by atoms with E-state index >= 15 is 0 Å². The van der Waals surface area contributed by atoms with Crippen molar-refractivity contribution in [2.45, 2.75) is 56.3 Å². The second-order valence-electron chi connectivity index (χ2n) is 12.4. The second kappa shape index (κ2) is 19.2. The number of phenolic OH excluding ortho intramolecular Hbond substituents is 1. The van der Waals surface area contributed by atoms with Crippen LogP contribution >= 0.6 is 0 Å². The second-order valence-corrected chi connectivity index (χ2v) is 12.4. The summed E-state index contributed by atoms with van der Waals surface area (Å²) in [6.07, 6.45) is 3.25. The zero-order chi connectivity index (χ0) is 38.3. The molecule has 4 atom stereocenters. The predicted molar refractivity (Wildman–Crippen MR) is 196 cm³/mol. The molecule has 0 aliphatic carbocycles. The Hall–Kier alpha value is -6.49. The fourth-order valence-electron chi connectivity index (χ4n) is 5.50. The maximum atomic E-state index is 13.9. The van der Waals surface area contributed by atoms with Gasteiger partial charge in [-0.2, -0.15) is 0 Å². The van der Waals surface area contributed by atoms with Crippen LogP contribution in [0.2, 0.25) is 0 Å². The lowest BCUT2D eigenvalue weighted by Crippen LogP contribution is -2.58. The number of phenols is 1. The third-order valence-electron chi connectivity index (χ3n) is 8.22. The summed E-state index contributed by atoms with van der Waals surface area (Å²) in [7, 11) is 0. The van der Waals surface area contributed by atoms with Gasteiger partial charge in [0.05, 0.1) is 12.4 Å². The average molecular weight is 729 g/mol. The maximum absolute atomic E-state index is 13.9. The van der Waals surface area contributed by atoms with E-state index in [4.69, 9.17) is 17.2 Å². The van der Waals surface area contributed by atoms with Gasteiger partial charge in [0.25, 0.3) is 0 Å². The topological polar surface area (TPSA) is 293 Å². The molecule has 280 valence electrons. The number of nitrogens with zero attached hydrogens (tertiary/aromatic N) is 2. The Morgan fingerprint density at radius 2 is 1.42 bits per heavy atom. The number of aromatic nitrogens is 2. The number of nitrogens with one attached hydrogen (secondary N) is 5. The lowest BCUT2D eigenvalue weighted by atomic mass is 10.0. The number of guanidine groups is 1. The number of nitrogens with two attached hydrogens (primary N) is 3. The summed E-state index contributed by atoms with van der Waals surface area (Å²) in [6, 6.07) is 14.6. The van der Waals surface area contributed by atoms with Crippen LogP contribution in [-0.4, -0.2) is 93.0 Å². The molecule has 0 unspecified atom stereocenters. The first kappa shape index (κ1) is 39.3. The highest BCUT2D eigenvalue weighted by Crippen LogP contribution is 2.17. The van der Waals surface area contributed by atoms with Gasteiger partial charge in [-0.1, -0.05) is 54.6 Å². The summed E-state index contributed by atoms with van der Waals surface area (Å²) in [6.45, 7) is -0.548. The van der Waals surface area contributed by atoms with Crippen LogP contribution in [0, 0.1) is 0 Å². The molecule has 1 heterocycles. The number of imidazole rings is 1. The summed E-state index contributed by atoms with van der Waals surface area (Å²) < 4.78 is 0. The molecule has 0 fully saturated rings. The predicted octanol–water partition coefficient (Wildman–Crippen LogP) is -0.667. The molecular weight excluding hydrogens is 684 g/mol. The molecule has 0 saturated heterocycles. The average Bonchev–Trinajstić information content (AvgIpc) is 3.65. The van der Waals surface area contributed by atoms with Gasteiger partial charge in [-0.3, -0.25) is 29.0 Å². The van der Waals surface area contributed by atoms with Crippen LogP contribution in [-0.2, 0) is 43.2 Å². The van der Waals surface area contributed by atoms with Gasteiger partial charge in [-0.05, 0) is 53.3 Å². The number of rotatable bonds is 19. The molecule has 4 aromatic rings. The first-order chi connectivity index (χ1) is 25.4. The number of aromatic amines is 1. The molecule has 53 heavy (non-hydrogen) atoms. The van der Waals surface area contributed by atoms with Crippen LogP contribution < -0.4 is 38.5 Å². The van der Waals surface area contributed by atoms with Crippen molar-refractivity contribution < 1.29 is 34.2 Å². The van der Waals surface area contributed by atoms with E-state index in [0.29, 0.717) is 16.8 Å². The number of H-pyrrole nitrogens is 1. The Kier molecular flexibility index (Phi) is 14.2. The zero-order valence-corrected chi connectivity index (χ0v) is 28.8. The van der Waals surface area contributed by atoms with Crippen molar-refractivity contribution in [2.75, 3.05) is 13.1 Å². The SMILES string of the molecule is NC(N)=NCCC[C@H](NC(=O)[C@H](Cc1cnc[nH]1)NC(=O)[C@H](N)Cc1ccc(O)cc1)C(=O)N[C@@H](Cc1ccc2ccccc2c1)C(=O)NCC(=O)O. The van der Waals surface area contributed by atoms with Gasteiger partial charge in [-0.25, -0.2) is 4.98 Å². The molecule has 17 heteroatoms. The number of amides is 4. The Morgan fingerprint density at radius 3 is 2.09 bits per heavy atom. The Balaban J connectivity index is 1.55. The Labute approximate surface area is 304 Å². The Morgan fingerprint density at radius 1 is 0.774 bits per heavy atom. The van der Waals surface area contributed by atoms with E-state index in [9.17, 15) is 34.2 Å². The van der Waals surface area contributed by atoms with Crippen LogP contribution in [0.25, 0.3) is 10.8 Å². The summed E-state index contributed by atoms with van der Waals surface area (Å²) in [5.74, 6) is -4.23. The third-order valence-corrected chi connectivity index (χ3v) is 8.22. The number of aromatic hydroxyl groups is 1. The van der Waals surface area contributed by atoms with Gasteiger partial charge in [0.2, 0.25) is 23.6 Å². The number of carboxylic acid groups (broad SMARTS) is 1. The van der Waals surface area contributed by atoms with Gasteiger partial charge in [0, 0.05) is 31.3 Å². The van der Waals surface area contributed by atoms with Crippen LogP contribution in [0.3, 0.4) is 0 Å². The van der Waals surface area contributed by atoms with Gasteiger partial charge in [0.1, 0.15) is 30.4 Å². The molecule has 13 N–H and O–H groups in total. The Bertz CT molecular complexity index is 1900. The number of aliphatic carboxylic acids is 1. The molecule has 0 aliphatic heterocycles. The molecule has 0 spiro atoms. The van der Waals surface area contributed by atoms with Gasteiger partial charge in [0.15, 0.2) is 5.96 Å². The van der Waals surface area contributed by atoms with Crippen LogP contribution in [0.15, 0.2) is 84.2 Å². The smallest absolute Gasteiger partial charge is 0.322 e. The molecular formula is C36H44N10O7. The molecule has 0 radical (unpaired) electrons. The van der Waals surface area contributed by atoms with Crippen molar-refractivity contribution in [3.8, 4) is 5.75 Å². The number of carboxylic acids is 1. The van der Waals surface area contributed by atoms with Crippen LogP contribution in [0.5, 0.6) is 5.75 Å². The number of fused-ring (bicyclic) bond motifs is 1. The fraction of sp³-hybridized carbons (Fsp3) is 0.306. The molecule has 4 amide bonds. The monoisotopic (exact) mass is 728 g/mol. The summed E-state index contributed by atoms with van der Waals surface area (Å²) >= 11 is 0. The molecule has 4 rings (SSSR count). The lowest BCUT2D eigenvalue weighted by molar-refractivity contribution is -0.138. The zero-order valence-electron chi connectivity index (χ0n) is 28.8. The quantitative estimate of drug-likeness (QED) is 0.0328. The van der Waals surface area contributed by atoms with E-state index in [1.807, 2.05) is 36.4 Å². The third kappa shape index (κ3) is 12.7. The molecule has 0 saturated carbocycles. The van der Waals surface area contributed by atoms with Crippen LogP contribution in [0.4, 0.5) is 0 Å². The minimum atomic E-state index is -1.27. The minimum Gasteiger partial charge on any atom is -0.508 e. The van der Waals surface area contributed by atoms with Crippen molar-refractivity contribution in [1.82, 2.24) is 31.2 Å². The number of hydrogen-bond acceptors (Lipinski definition) is 9. The van der Waals surface area contributed by atoms with E-state index < -0.39 is 60.3 Å². The summed E-state index contributed by atoms with van der Waals surface area (Å²) in [4.78, 5) is 76.3. The fourth-order valence-corrected chi connectivity index (χ4v) is 5.50. The van der Waals surface area contributed by atoms with E-state index in [1.54, 1.807) is 18.2 Å². The van der Waals surface area contributed by atoms with E-state index in [-0.39, 0.29) is 50.4 Å². The number of hydrogen-bond donors (Lipinski definition) is 10. The number of benzene rings is 3. The molecule has 3 aromatic carbocycles. The van der Waals surface area contributed by atoms with E-state index in [1.165, 1.54) is 24.7 Å². The first-order valence-electron chi connectivity index (χ1n) is 16.8. The largest absolute Gasteiger partial charge is 0.508 e. The van der Waals surface area contributed by atoms with Gasteiger partial charge >= 0.3 is 5.97 Å². The maximum Gasteiger partial charge on any atom is 0.322 e. The minimum absolute atomic E-state index is 0.00806. The summed E-state index contributed by atoms with van der Waals surface area (Å²) in [5, 5.41) is 31.0.